The fourth-order valence-electron chi connectivity index (χ4n) is 1.85. The number of hydrogen-bond acceptors (Lipinski definition) is 5. The summed E-state index contributed by atoms with van der Waals surface area (Å²) in [6.07, 6.45) is 0. The van der Waals surface area contributed by atoms with E-state index in [1.165, 1.54) is 11.3 Å². The largest absolute Gasteiger partial charge is 0.312 e. The van der Waals surface area contributed by atoms with Crippen molar-refractivity contribution in [2.45, 2.75) is 31.8 Å². The lowest BCUT2D eigenvalue weighted by atomic mass is 10.3. The molecule has 0 saturated carbocycles. The first kappa shape index (κ1) is 15.7. The van der Waals surface area contributed by atoms with Crippen molar-refractivity contribution >= 4 is 32.7 Å². The van der Waals surface area contributed by atoms with Crippen LogP contribution in [0.1, 0.15) is 22.9 Å². The van der Waals surface area contributed by atoms with E-state index in [0.29, 0.717) is 18.0 Å². The molecule has 2 heterocycles. The number of sulfonamides is 1. The van der Waals surface area contributed by atoms with Gasteiger partial charge in [-0.3, -0.25) is 0 Å². The average molecular weight is 330 g/mol. The lowest BCUT2D eigenvalue weighted by molar-refractivity contribution is 0.579. The van der Waals surface area contributed by atoms with Crippen LogP contribution in [0.25, 0.3) is 0 Å². The van der Waals surface area contributed by atoms with Crippen LogP contribution >= 0.6 is 22.7 Å². The second-order valence-corrected chi connectivity index (χ2v) is 7.86. The maximum absolute atomic E-state index is 12.5. The molecule has 2 rings (SSSR count). The molecule has 4 nitrogen and oxygen atoms in total. The first-order chi connectivity index (χ1) is 9.54. The average Bonchev–Trinajstić information content (AvgIpc) is 3.03. The summed E-state index contributed by atoms with van der Waals surface area (Å²) in [5, 5.41) is 8.96. The molecule has 2 aromatic rings. The monoisotopic (exact) mass is 330 g/mol. The van der Waals surface area contributed by atoms with Crippen molar-refractivity contribution in [2.24, 2.45) is 0 Å². The van der Waals surface area contributed by atoms with E-state index >= 15 is 0 Å². The zero-order chi connectivity index (χ0) is 14.6. The maximum atomic E-state index is 12.5. The molecule has 2 N–H and O–H groups in total. The Bertz CT molecular complexity index is 645. The van der Waals surface area contributed by atoms with Crippen molar-refractivity contribution in [2.75, 3.05) is 6.54 Å². The minimum absolute atomic E-state index is 0.335. The van der Waals surface area contributed by atoms with Gasteiger partial charge in [-0.05, 0) is 46.8 Å². The highest BCUT2D eigenvalue weighted by molar-refractivity contribution is 7.89. The van der Waals surface area contributed by atoms with Crippen molar-refractivity contribution in [3.8, 4) is 0 Å². The van der Waals surface area contributed by atoms with Gasteiger partial charge in [-0.15, -0.1) is 11.3 Å². The van der Waals surface area contributed by atoms with E-state index in [9.17, 15) is 8.42 Å². The standard InChI is InChI=1S/C13H18N2O2S3/c1-3-14-7-12-13(10(2)8-19-12)20(16,17)15-6-11-4-5-18-9-11/h4-5,8-9,14-15H,3,6-7H2,1-2H3. The Balaban J connectivity index is 2.18. The van der Waals surface area contributed by atoms with Gasteiger partial charge >= 0.3 is 0 Å². The zero-order valence-corrected chi connectivity index (χ0v) is 13.9. The molecule has 0 aliphatic rings. The van der Waals surface area contributed by atoms with Gasteiger partial charge in [-0.1, -0.05) is 6.92 Å². The highest BCUT2D eigenvalue weighted by Crippen LogP contribution is 2.26. The highest BCUT2D eigenvalue weighted by atomic mass is 32.2. The van der Waals surface area contributed by atoms with Gasteiger partial charge in [0.05, 0.1) is 0 Å². The Labute approximate surface area is 127 Å². The predicted molar refractivity (Wildman–Crippen MR) is 84.8 cm³/mol. The Morgan fingerprint density at radius 1 is 1.25 bits per heavy atom. The third-order valence-electron chi connectivity index (χ3n) is 2.84. The van der Waals surface area contributed by atoms with E-state index in [4.69, 9.17) is 0 Å². The van der Waals surface area contributed by atoms with Crippen LogP contribution in [0.2, 0.25) is 0 Å². The van der Waals surface area contributed by atoms with E-state index in [2.05, 4.69) is 10.0 Å². The quantitative estimate of drug-likeness (QED) is 0.821. The van der Waals surface area contributed by atoms with E-state index in [1.54, 1.807) is 11.3 Å². The molecule has 20 heavy (non-hydrogen) atoms. The summed E-state index contributed by atoms with van der Waals surface area (Å²) in [6.45, 7) is 5.58. The second-order valence-electron chi connectivity index (χ2n) is 4.41. The van der Waals surface area contributed by atoms with Crippen LogP contribution < -0.4 is 10.0 Å². The van der Waals surface area contributed by atoms with Gasteiger partial charge in [0, 0.05) is 18.0 Å². The van der Waals surface area contributed by atoms with Gasteiger partial charge in [0.25, 0.3) is 0 Å². The van der Waals surface area contributed by atoms with E-state index in [0.717, 1.165) is 22.5 Å². The van der Waals surface area contributed by atoms with E-state index in [-0.39, 0.29) is 0 Å². The van der Waals surface area contributed by atoms with Crippen molar-refractivity contribution in [1.29, 1.82) is 0 Å². The van der Waals surface area contributed by atoms with Crippen molar-refractivity contribution in [3.05, 3.63) is 38.2 Å². The topological polar surface area (TPSA) is 58.2 Å². The SMILES string of the molecule is CCNCc1scc(C)c1S(=O)(=O)NCc1ccsc1. The van der Waals surface area contributed by atoms with Crippen LogP contribution in [0, 0.1) is 6.92 Å². The molecule has 0 fully saturated rings. The van der Waals surface area contributed by atoms with E-state index < -0.39 is 10.0 Å². The summed E-state index contributed by atoms with van der Waals surface area (Å²) < 4.78 is 27.6. The van der Waals surface area contributed by atoms with Gasteiger partial charge in [0.1, 0.15) is 4.90 Å². The molecular weight excluding hydrogens is 312 g/mol. The Morgan fingerprint density at radius 3 is 2.70 bits per heavy atom. The van der Waals surface area contributed by atoms with Crippen molar-refractivity contribution < 1.29 is 8.42 Å². The Hall–Kier alpha value is -0.730. The molecule has 0 saturated heterocycles. The molecule has 0 radical (unpaired) electrons. The number of aryl methyl sites for hydroxylation is 1. The number of rotatable bonds is 7. The van der Waals surface area contributed by atoms with Gasteiger partial charge in [0.15, 0.2) is 0 Å². The fraction of sp³-hybridized carbons (Fsp3) is 0.385. The summed E-state index contributed by atoms with van der Waals surface area (Å²) in [4.78, 5) is 1.29. The third kappa shape index (κ3) is 3.67. The van der Waals surface area contributed by atoms with Gasteiger partial charge < -0.3 is 5.32 Å². The van der Waals surface area contributed by atoms with Crippen LogP contribution in [0.5, 0.6) is 0 Å². The molecule has 0 aliphatic carbocycles. The van der Waals surface area contributed by atoms with Crippen molar-refractivity contribution in [1.82, 2.24) is 10.0 Å². The smallest absolute Gasteiger partial charge is 0.242 e. The summed E-state index contributed by atoms with van der Waals surface area (Å²) in [6, 6.07) is 1.92. The lowest BCUT2D eigenvalue weighted by Crippen LogP contribution is -2.25. The van der Waals surface area contributed by atoms with Crippen molar-refractivity contribution in [3.63, 3.8) is 0 Å². The summed E-state index contributed by atoms with van der Waals surface area (Å²) in [7, 11) is -3.46. The normalized spacial score (nSPS) is 11.9. The molecular formula is C13H18N2O2S3. The fourth-order valence-corrected chi connectivity index (χ4v) is 5.32. The Morgan fingerprint density at radius 2 is 2.05 bits per heavy atom. The van der Waals surface area contributed by atoms with E-state index in [1.807, 2.05) is 36.1 Å². The first-order valence-corrected chi connectivity index (χ1v) is 9.63. The maximum Gasteiger partial charge on any atom is 0.242 e. The highest BCUT2D eigenvalue weighted by Gasteiger charge is 2.22. The predicted octanol–water partition coefficient (Wildman–Crippen LogP) is 2.71. The summed E-state index contributed by atoms with van der Waals surface area (Å²) in [5.74, 6) is 0. The molecule has 0 amide bonds. The molecule has 0 aromatic carbocycles. The molecule has 110 valence electrons. The van der Waals surface area contributed by atoms with Crippen LogP contribution in [0.15, 0.2) is 27.1 Å². The van der Waals surface area contributed by atoms with Gasteiger partial charge in [-0.25, -0.2) is 13.1 Å². The zero-order valence-electron chi connectivity index (χ0n) is 11.5. The minimum atomic E-state index is -3.46. The summed E-state index contributed by atoms with van der Waals surface area (Å²) >= 11 is 3.05. The van der Waals surface area contributed by atoms with Crippen LogP contribution in [0.4, 0.5) is 0 Å². The molecule has 0 bridgehead atoms. The molecule has 0 atom stereocenters. The van der Waals surface area contributed by atoms with Gasteiger partial charge in [-0.2, -0.15) is 11.3 Å². The lowest BCUT2D eigenvalue weighted by Gasteiger charge is -2.09. The summed E-state index contributed by atoms with van der Waals surface area (Å²) in [5.41, 5.74) is 1.79. The Kier molecular flexibility index (Phi) is 5.34. The molecule has 0 aliphatic heterocycles. The van der Waals surface area contributed by atoms with Crippen LogP contribution in [-0.2, 0) is 23.1 Å². The van der Waals surface area contributed by atoms with Crippen LogP contribution in [-0.4, -0.2) is 15.0 Å². The minimum Gasteiger partial charge on any atom is -0.312 e. The first-order valence-electron chi connectivity index (χ1n) is 6.33. The van der Waals surface area contributed by atoms with Crippen LogP contribution in [0.3, 0.4) is 0 Å². The number of nitrogens with one attached hydrogen (secondary N) is 2. The molecule has 2 aromatic heterocycles. The number of thiophene rings is 2. The molecule has 0 spiro atoms. The third-order valence-corrected chi connectivity index (χ3v) is 6.44. The molecule has 7 heteroatoms. The second kappa shape index (κ2) is 6.82. The van der Waals surface area contributed by atoms with Gasteiger partial charge in [0.2, 0.25) is 10.0 Å². The molecule has 0 unspecified atom stereocenters. The number of hydrogen-bond donors (Lipinski definition) is 2.